The van der Waals surface area contributed by atoms with Gasteiger partial charge in [0.1, 0.15) is 11.8 Å². The lowest BCUT2D eigenvalue weighted by atomic mass is 9.88. The molecule has 4 rings (SSSR count). The van der Waals surface area contributed by atoms with E-state index in [2.05, 4.69) is 25.9 Å². The van der Waals surface area contributed by atoms with Gasteiger partial charge in [-0.3, -0.25) is 9.59 Å². The number of nitrogens with zero attached hydrogens (tertiary/aromatic N) is 2. The largest absolute Gasteiger partial charge is 0.508 e. The number of carboxylic acid groups (broad SMARTS) is 1. The van der Waals surface area contributed by atoms with E-state index >= 15 is 0 Å². The van der Waals surface area contributed by atoms with Gasteiger partial charge in [0.25, 0.3) is 11.8 Å². The number of nitrogens with one attached hydrogen (secondary N) is 3. The molecule has 0 saturated heterocycles. The molecule has 2 heterocycles. The molecule has 188 valence electrons. The van der Waals surface area contributed by atoms with Gasteiger partial charge in [-0.05, 0) is 61.7 Å². The van der Waals surface area contributed by atoms with Crippen LogP contribution in [0.1, 0.15) is 49.0 Å². The van der Waals surface area contributed by atoms with Crippen LogP contribution < -0.4 is 16.0 Å². The molecule has 2 atom stereocenters. The third-order valence-corrected chi connectivity index (χ3v) is 6.98. The van der Waals surface area contributed by atoms with Crippen LogP contribution in [0.3, 0.4) is 0 Å². The van der Waals surface area contributed by atoms with Crippen LogP contribution in [0.4, 0.5) is 5.95 Å². The summed E-state index contributed by atoms with van der Waals surface area (Å²) in [6.45, 7) is 3.04. The Balaban J connectivity index is 1.42. The number of amides is 2. The third kappa shape index (κ3) is 5.62. The monoisotopic (exact) mass is 509 g/mol. The first-order chi connectivity index (χ1) is 17.2. The number of rotatable bonds is 8. The molecule has 0 spiro atoms. The Labute approximate surface area is 211 Å². The standard InChI is InChI=1S/C25H27N5O5S/c1-13-21(23(33)30-18(24(34)35)12-26-22(32)20-7-4-10-36-20)14(2)28-25(27-13)29-16-9-8-15-5-3-6-19(31)17(15)11-16/h3-7,10,16,18,31H,8-9,11-12H2,1-2H3,(H,26,32)(H,30,33)(H,34,35)(H,27,28,29). The van der Waals surface area contributed by atoms with Crippen LogP contribution in [0.25, 0.3) is 0 Å². The molecule has 0 aliphatic heterocycles. The van der Waals surface area contributed by atoms with Crippen LogP contribution in [0, 0.1) is 13.8 Å². The number of benzene rings is 1. The lowest BCUT2D eigenvalue weighted by Crippen LogP contribution is -2.48. The van der Waals surface area contributed by atoms with E-state index in [9.17, 15) is 24.6 Å². The molecule has 1 aliphatic carbocycles. The Morgan fingerprint density at radius 1 is 1.11 bits per heavy atom. The molecule has 0 bridgehead atoms. The van der Waals surface area contributed by atoms with E-state index < -0.39 is 23.8 Å². The number of aromatic nitrogens is 2. The summed E-state index contributed by atoms with van der Waals surface area (Å²) in [5, 5.41) is 29.8. The van der Waals surface area contributed by atoms with Crippen molar-refractivity contribution >= 4 is 35.1 Å². The Morgan fingerprint density at radius 3 is 2.53 bits per heavy atom. The normalized spacial score (nSPS) is 15.4. The molecule has 3 aromatic rings. The Bertz CT molecular complexity index is 1270. The second-order valence-electron chi connectivity index (χ2n) is 8.64. The fourth-order valence-electron chi connectivity index (χ4n) is 4.30. The van der Waals surface area contributed by atoms with E-state index in [1.807, 2.05) is 12.1 Å². The summed E-state index contributed by atoms with van der Waals surface area (Å²) in [6, 6.07) is 7.58. The molecule has 0 saturated carbocycles. The molecule has 1 aromatic carbocycles. The molecule has 0 radical (unpaired) electrons. The van der Waals surface area contributed by atoms with Crippen molar-refractivity contribution in [1.82, 2.24) is 20.6 Å². The maximum atomic E-state index is 12.9. The summed E-state index contributed by atoms with van der Waals surface area (Å²) in [5.41, 5.74) is 3.02. The average Bonchev–Trinajstić information content (AvgIpc) is 3.37. The fraction of sp³-hybridized carbons (Fsp3) is 0.320. The smallest absolute Gasteiger partial charge is 0.328 e. The number of carboxylic acids is 1. The van der Waals surface area contributed by atoms with Gasteiger partial charge < -0.3 is 26.2 Å². The zero-order chi connectivity index (χ0) is 25.8. The minimum atomic E-state index is -1.33. The second-order valence-corrected chi connectivity index (χ2v) is 9.59. The van der Waals surface area contributed by atoms with Crippen LogP contribution in [-0.4, -0.2) is 56.6 Å². The molecule has 11 heteroatoms. The Morgan fingerprint density at radius 2 is 1.86 bits per heavy atom. The van der Waals surface area contributed by atoms with Crippen molar-refractivity contribution in [3.63, 3.8) is 0 Å². The minimum absolute atomic E-state index is 0.0209. The van der Waals surface area contributed by atoms with Gasteiger partial charge in [0.05, 0.1) is 21.8 Å². The highest BCUT2D eigenvalue weighted by Crippen LogP contribution is 2.29. The number of aliphatic carboxylic acids is 1. The van der Waals surface area contributed by atoms with E-state index in [4.69, 9.17) is 0 Å². The average molecular weight is 510 g/mol. The van der Waals surface area contributed by atoms with Crippen molar-refractivity contribution in [3.05, 3.63) is 68.7 Å². The van der Waals surface area contributed by atoms with E-state index in [-0.39, 0.29) is 23.9 Å². The number of phenolic OH excluding ortho intramolecular Hbond substituents is 1. The van der Waals surface area contributed by atoms with Gasteiger partial charge in [-0.15, -0.1) is 11.3 Å². The number of aryl methyl sites for hydroxylation is 3. The number of aromatic hydroxyl groups is 1. The number of carbonyl (C=O) groups is 3. The number of phenols is 1. The fourth-order valence-corrected chi connectivity index (χ4v) is 4.94. The number of hydrogen-bond acceptors (Lipinski definition) is 8. The van der Waals surface area contributed by atoms with Crippen molar-refractivity contribution < 1.29 is 24.6 Å². The van der Waals surface area contributed by atoms with Crippen molar-refractivity contribution in [3.8, 4) is 5.75 Å². The van der Waals surface area contributed by atoms with Crippen molar-refractivity contribution in [2.24, 2.45) is 0 Å². The zero-order valence-electron chi connectivity index (χ0n) is 19.9. The number of hydrogen-bond donors (Lipinski definition) is 5. The van der Waals surface area contributed by atoms with Crippen LogP contribution in [-0.2, 0) is 17.6 Å². The lowest BCUT2D eigenvalue weighted by molar-refractivity contribution is -0.139. The van der Waals surface area contributed by atoms with E-state index in [1.54, 1.807) is 37.4 Å². The maximum absolute atomic E-state index is 12.9. The highest BCUT2D eigenvalue weighted by molar-refractivity contribution is 7.12. The Hall–Kier alpha value is -3.99. The lowest BCUT2D eigenvalue weighted by Gasteiger charge is -2.26. The van der Waals surface area contributed by atoms with Gasteiger partial charge in [-0.1, -0.05) is 18.2 Å². The molecule has 5 N–H and O–H groups in total. The summed E-state index contributed by atoms with van der Waals surface area (Å²) < 4.78 is 0. The van der Waals surface area contributed by atoms with Gasteiger partial charge in [-0.25, -0.2) is 14.8 Å². The highest BCUT2D eigenvalue weighted by Gasteiger charge is 2.26. The number of carbonyl (C=O) groups excluding carboxylic acids is 2. The summed E-state index contributed by atoms with van der Waals surface area (Å²) in [7, 11) is 0. The summed E-state index contributed by atoms with van der Waals surface area (Å²) >= 11 is 1.24. The van der Waals surface area contributed by atoms with Crippen molar-refractivity contribution in [2.75, 3.05) is 11.9 Å². The molecule has 2 unspecified atom stereocenters. The summed E-state index contributed by atoms with van der Waals surface area (Å²) in [4.78, 5) is 46.1. The van der Waals surface area contributed by atoms with Crippen molar-refractivity contribution in [2.45, 2.75) is 45.2 Å². The topological polar surface area (TPSA) is 154 Å². The molecule has 0 fully saturated rings. The molecule has 36 heavy (non-hydrogen) atoms. The van der Waals surface area contributed by atoms with Crippen LogP contribution in [0.5, 0.6) is 5.75 Å². The minimum Gasteiger partial charge on any atom is -0.508 e. The van der Waals surface area contributed by atoms with Gasteiger partial charge in [0, 0.05) is 12.6 Å². The van der Waals surface area contributed by atoms with E-state index in [0.717, 1.165) is 24.0 Å². The predicted octanol–water partition coefficient (Wildman–Crippen LogP) is 2.44. The van der Waals surface area contributed by atoms with Crippen LogP contribution in [0.15, 0.2) is 35.7 Å². The summed E-state index contributed by atoms with van der Waals surface area (Å²) in [6.07, 6.45) is 2.29. The molecule has 2 amide bonds. The molecule has 10 nitrogen and oxygen atoms in total. The Kier molecular flexibility index (Phi) is 7.49. The predicted molar refractivity (Wildman–Crippen MR) is 135 cm³/mol. The molecule has 1 aliphatic rings. The molecule has 2 aromatic heterocycles. The SMILES string of the molecule is Cc1nc(NC2CCc3cccc(O)c3C2)nc(C)c1C(=O)NC(CNC(=O)c1cccs1)C(=O)O. The van der Waals surface area contributed by atoms with Gasteiger partial charge in [-0.2, -0.15) is 0 Å². The summed E-state index contributed by atoms with van der Waals surface area (Å²) in [5.74, 6) is -1.67. The van der Waals surface area contributed by atoms with Gasteiger partial charge >= 0.3 is 5.97 Å². The zero-order valence-corrected chi connectivity index (χ0v) is 20.7. The van der Waals surface area contributed by atoms with Gasteiger partial charge in [0.15, 0.2) is 0 Å². The van der Waals surface area contributed by atoms with Crippen LogP contribution in [0.2, 0.25) is 0 Å². The number of anilines is 1. The van der Waals surface area contributed by atoms with Crippen molar-refractivity contribution in [1.29, 1.82) is 0 Å². The number of thiophene rings is 1. The van der Waals surface area contributed by atoms with E-state index in [1.165, 1.54) is 11.3 Å². The molecular weight excluding hydrogens is 482 g/mol. The first-order valence-corrected chi connectivity index (χ1v) is 12.4. The third-order valence-electron chi connectivity index (χ3n) is 6.11. The van der Waals surface area contributed by atoms with Gasteiger partial charge in [0.2, 0.25) is 5.95 Å². The quantitative estimate of drug-likeness (QED) is 0.310. The first-order valence-electron chi connectivity index (χ1n) is 11.5. The van der Waals surface area contributed by atoms with Crippen LogP contribution >= 0.6 is 11.3 Å². The number of fused-ring (bicyclic) bond motifs is 1. The maximum Gasteiger partial charge on any atom is 0.328 e. The highest BCUT2D eigenvalue weighted by atomic mass is 32.1. The molecular formula is C25H27N5O5S. The second kappa shape index (κ2) is 10.7. The van der Waals surface area contributed by atoms with E-state index in [0.29, 0.717) is 28.6 Å². The first kappa shape index (κ1) is 25.1.